The van der Waals surface area contributed by atoms with Crippen molar-refractivity contribution in [2.45, 2.75) is 19.8 Å². The van der Waals surface area contributed by atoms with E-state index in [0.717, 1.165) is 16.8 Å². The lowest BCUT2D eigenvalue weighted by molar-refractivity contribution is -0.123. The molecule has 0 saturated heterocycles. The number of rotatable bonds is 7. The molecule has 0 aromatic heterocycles. The standard InChI is InChI=1S/C20H21ClN2O4/c1-13-10-15(21)3-6-18(13)27-12-20(25)22-8-9-26-16-4-5-17-14(11-16)2-7-19(24)23-17/h3-6,10-11H,2,7-9,12H2,1H3,(H,22,25)(H,23,24). The maximum Gasteiger partial charge on any atom is 0.258 e. The first-order chi connectivity index (χ1) is 13.0. The van der Waals surface area contributed by atoms with Gasteiger partial charge in [-0.1, -0.05) is 11.6 Å². The summed E-state index contributed by atoms with van der Waals surface area (Å²) in [5.41, 5.74) is 2.77. The Labute approximate surface area is 162 Å². The van der Waals surface area contributed by atoms with Gasteiger partial charge < -0.3 is 20.1 Å². The molecule has 7 heteroatoms. The Balaban J connectivity index is 1.38. The average Bonchev–Trinajstić information content (AvgIpc) is 2.64. The fourth-order valence-corrected chi connectivity index (χ4v) is 3.00. The smallest absolute Gasteiger partial charge is 0.258 e. The summed E-state index contributed by atoms with van der Waals surface area (Å²) in [6.07, 6.45) is 1.19. The normalized spacial score (nSPS) is 12.7. The Morgan fingerprint density at radius 2 is 2.04 bits per heavy atom. The monoisotopic (exact) mass is 388 g/mol. The third kappa shape index (κ3) is 5.37. The van der Waals surface area contributed by atoms with Crippen LogP contribution in [-0.2, 0) is 16.0 Å². The molecule has 0 fully saturated rings. The number of halogens is 1. The van der Waals surface area contributed by atoms with Crippen LogP contribution in [0.15, 0.2) is 36.4 Å². The quantitative estimate of drug-likeness (QED) is 0.714. The molecule has 142 valence electrons. The summed E-state index contributed by atoms with van der Waals surface area (Å²) >= 11 is 5.89. The Bertz CT molecular complexity index is 854. The highest BCUT2D eigenvalue weighted by atomic mass is 35.5. The fourth-order valence-electron chi connectivity index (χ4n) is 2.78. The number of carbonyl (C=O) groups excluding carboxylic acids is 2. The van der Waals surface area contributed by atoms with Gasteiger partial charge in [0.2, 0.25) is 5.91 Å². The predicted octanol–water partition coefficient (Wildman–Crippen LogP) is 3.11. The number of hydrogen-bond acceptors (Lipinski definition) is 4. The molecular formula is C20H21ClN2O4. The maximum atomic E-state index is 11.9. The van der Waals surface area contributed by atoms with E-state index in [1.807, 2.05) is 19.1 Å². The van der Waals surface area contributed by atoms with Gasteiger partial charge in [0.05, 0.1) is 6.54 Å². The van der Waals surface area contributed by atoms with E-state index in [4.69, 9.17) is 21.1 Å². The first-order valence-corrected chi connectivity index (χ1v) is 9.10. The third-order valence-corrected chi connectivity index (χ3v) is 4.40. The van der Waals surface area contributed by atoms with Crippen molar-refractivity contribution in [3.8, 4) is 11.5 Å². The molecule has 3 rings (SSSR count). The molecule has 6 nitrogen and oxygen atoms in total. The molecule has 0 unspecified atom stereocenters. The van der Waals surface area contributed by atoms with E-state index in [1.165, 1.54) is 0 Å². The van der Waals surface area contributed by atoms with E-state index in [9.17, 15) is 9.59 Å². The minimum absolute atomic E-state index is 0.0369. The second-order valence-corrected chi connectivity index (χ2v) is 6.70. The molecule has 1 aliphatic heterocycles. The van der Waals surface area contributed by atoms with Gasteiger partial charge in [-0.2, -0.15) is 0 Å². The molecule has 0 radical (unpaired) electrons. The summed E-state index contributed by atoms with van der Waals surface area (Å²) in [5.74, 6) is 1.16. The zero-order valence-corrected chi connectivity index (χ0v) is 15.8. The highest BCUT2D eigenvalue weighted by Crippen LogP contribution is 2.26. The molecule has 0 bridgehead atoms. The van der Waals surface area contributed by atoms with Crippen LogP contribution in [-0.4, -0.2) is 31.6 Å². The van der Waals surface area contributed by atoms with Gasteiger partial charge in [-0.3, -0.25) is 9.59 Å². The lowest BCUT2D eigenvalue weighted by Crippen LogP contribution is -2.32. The molecule has 0 saturated carbocycles. The van der Waals surface area contributed by atoms with E-state index in [-0.39, 0.29) is 18.4 Å². The SMILES string of the molecule is Cc1cc(Cl)ccc1OCC(=O)NCCOc1ccc2c(c1)CCC(=O)N2. The van der Waals surface area contributed by atoms with Crippen LogP contribution in [0.3, 0.4) is 0 Å². The van der Waals surface area contributed by atoms with Gasteiger partial charge in [0.25, 0.3) is 5.91 Å². The van der Waals surface area contributed by atoms with E-state index >= 15 is 0 Å². The second kappa shape index (κ2) is 8.77. The number of aryl methyl sites for hydroxylation is 2. The molecule has 0 spiro atoms. The maximum absolute atomic E-state index is 11.9. The number of nitrogens with one attached hydrogen (secondary N) is 2. The topological polar surface area (TPSA) is 76.7 Å². The number of amides is 2. The van der Waals surface area contributed by atoms with Crippen LogP contribution in [0.4, 0.5) is 5.69 Å². The van der Waals surface area contributed by atoms with Gasteiger partial charge in [0.15, 0.2) is 6.61 Å². The van der Waals surface area contributed by atoms with Crippen molar-refractivity contribution in [2.75, 3.05) is 25.1 Å². The number of anilines is 1. The molecule has 2 N–H and O–H groups in total. The van der Waals surface area contributed by atoms with E-state index in [0.29, 0.717) is 42.5 Å². The van der Waals surface area contributed by atoms with Crippen molar-refractivity contribution in [1.29, 1.82) is 0 Å². The van der Waals surface area contributed by atoms with Crippen molar-refractivity contribution in [3.05, 3.63) is 52.5 Å². The van der Waals surface area contributed by atoms with E-state index in [1.54, 1.807) is 24.3 Å². The van der Waals surface area contributed by atoms with Gasteiger partial charge >= 0.3 is 0 Å². The summed E-state index contributed by atoms with van der Waals surface area (Å²) in [5, 5.41) is 6.21. The van der Waals surface area contributed by atoms with Crippen LogP contribution >= 0.6 is 11.6 Å². The number of hydrogen-bond donors (Lipinski definition) is 2. The zero-order chi connectivity index (χ0) is 19.2. The fraction of sp³-hybridized carbons (Fsp3) is 0.300. The average molecular weight is 389 g/mol. The van der Waals surface area contributed by atoms with Gasteiger partial charge in [-0.25, -0.2) is 0 Å². The highest BCUT2D eigenvalue weighted by Gasteiger charge is 2.15. The van der Waals surface area contributed by atoms with Crippen molar-refractivity contribution in [3.63, 3.8) is 0 Å². The predicted molar refractivity (Wildman–Crippen MR) is 104 cm³/mol. The lowest BCUT2D eigenvalue weighted by Gasteiger charge is -2.17. The van der Waals surface area contributed by atoms with Gasteiger partial charge in [-0.15, -0.1) is 0 Å². The first kappa shape index (κ1) is 19.0. The molecule has 2 aromatic carbocycles. The summed E-state index contributed by atoms with van der Waals surface area (Å²) in [4.78, 5) is 23.2. The van der Waals surface area contributed by atoms with E-state index in [2.05, 4.69) is 10.6 Å². The van der Waals surface area contributed by atoms with Crippen LogP contribution in [0.2, 0.25) is 5.02 Å². The largest absolute Gasteiger partial charge is 0.492 e. The van der Waals surface area contributed by atoms with Crippen LogP contribution in [0.1, 0.15) is 17.5 Å². The molecule has 1 aliphatic rings. The van der Waals surface area contributed by atoms with E-state index < -0.39 is 0 Å². The van der Waals surface area contributed by atoms with Crippen LogP contribution in [0, 0.1) is 6.92 Å². The summed E-state index contributed by atoms with van der Waals surface area (Å²) in [6.45, 7) is 2.52. The molecule has 2 amide bonds. The Morgan fingerprint density at radius 3 is 2.85 bits per heavy atom. The Kier molecular flexibility index (Phi) is 6.19. The number of ether oxygens (including phenoxy) is 2. The van der Waals surface area contributed by atoms with Crippen LogP contribution in [0.25, 0.3) is 0 Å². The molecule has 0 atom stereocenters. The molecule has 27 heavy (non-hydrogen) atoms. The lowest BCUT2D eigenvalue weighted by atomic mass is 10.0. The zero-order valence-electron chi connectivity index (χ0n) is 15.0. The summed E-state index contributed by atoms with van der Waals surface area (Å²) in [6, 6.07) is 10.8. The Hall–Kier alpha value is -2.73. The molecule has 0 aliphatic carbocycles. The highest BCUT2D eigenvalue weighted by molar-refractivity contribution is 6.30. The van der Waals surface area contributed by atoms with Crippen molar-refractivity contribution in [2.24, 2.45) is 0 Å². The number of benzene rings is 2. The summed E-state index contributed by atoms with van der Waals surface area (Å²) < 4.78 is 11.2. The van der Waals surface area contributed by atoms with Crippen molar-refractivity contribution >= 4 is 29.1 Å². The third-order valence-electron chi connectivity index (χ3n) is 4.16. The van der Waals surface area contributed by atoms with Gasteiger partial charge in [0, 0.05) is 17.1 Å². The second-order valence-electron chi connectivity index (χ2n) is 6.26. The molecule has 2 aromatic rings. The first-order valence-electron chi connectivity index (χ1n) is 8.72. The minimum Gasteiger partial charge on any atom is -0.492 e. The van der Waals surface area contributed by atoms with Crippen molar-refractivity contribution < 1.29 is 19.1 Å². The van der Waals surface area contributed by atoms with Crippen molar-refractivity contribution in [1.82, 2.24) is 5.32 Å². The summed E-state index contributed by atoms with van der Waals surface area (Å²) in [7, 11) is 0. The van der Waals surface area contributed by atoms with Crippen LogP contribution in [0.5, 0.6) is 11.5 Å². The minimum atomic E-state index is -0.221. The number of fused-ring (bicyclic) bond motifs is 1. The Morgan fingerprint density at radius 1 is 1.19 bits per heavy atom. The molecule has 1 heterocycles. The molecular weight excluding hydrogens is 368 g/mol. The number of carbonyl (C=O) groups is 2. The van der Waals surface area contributed by atoms with Gasteiger partial charge in [-0.05, 0) is 60.9 Å². The van der Waals surface area contributed by atoms with Gasteiger partial charge in [0.1, 0.15) is 18.1 Å². The van der Waals surface area contributed by atoms with Crippen LogP contribution < -0.4 is 20.1 Å².